The Morgan fingerprint density at radius 3 is 2.00 bits per heavy atom. The first-order chi connectivity index (χ1) is 5.81. The number of benzene rings is 1. The van der Waals surface area contributed by atoms with E-state index < -0.39 is 0 Å². The summed E-state index contributed by atoms with van der Waals surface area (Å²) < 4.78 is 0. The van der Waals surface area contributed by atoms with Gasteiger partial charge in [-0.3, -0.25) is 0 Å². The molecule has 0 fully saturated rings. The fraction of sp³-hybridized carbons (Fsp3) is 0.400. The van der Waals surface area contributed by atoms with Gasteiger partial charge in [-0.15, -0.1) is 11.6 Å². The van der Waals surface area contributed by atoms with Crippen LogP contribution in [0.2, 0.25) is 0 Å². The lowest BCUT2D eigenvalue weighted by atomic mass is 10.3. The van der Waals surface area contributed by atoms with E-state index in [9.17, 15) is 0 Å². The van der Waals surface area contributed by atoms with Gasteiger partial charge in [0.2, 0.25) is 0 Å². The van der Waals surface area contributed by atoms with Crippen LogP contribution in [0.1, 0.15) is 19.8 Å². The summed E-state index contributed by atoms with van der Waals surface area (Å²) in [5.41, 5.74) is 0. The molecule has 1 aromatic carbocycles. The number of hydrogen-bond donors (Lipinski definition) is 1. The van der Waals surface area contributed by atoms with Crippen LogP contribution in [0.15, 0.2) is 30.3 Å². The van der Waals surface area contributed by atoms with E-state index in [4.69, 9.17) is 16.7 Å². The Morgan fingerprint density at radius 2 is 1.83 bits per heavy atom. The molecule has 2 heteroatoms. The summed E-state index contributed by atoms with van der Waals surface area (Å²) in [7, 11) is 0. The van der Waals surface area contributed by atoms with Crippen molar-refractivity contribution in [2.45, 2.75) is 19.8 Å². The number of hydrogen-bond acceptors (Lipinski definition) is 1. The standard InChI is InChI=1S/C6H6O.C4H9Cl/c7-6-4-2-1-3-5-6;1-2-3-4-5/h1-5,7H;2-4H2,1H3. The minimum atomic E-state index is 0.322. The van der Waals surface area contributed by atoms with E-state index in [0.717, 1.165) is 12.3 Å². The average molecular weight is 187 g/mol. The molecule has 1 nitrogen and oxygen atoms in total. The van der Waals surface area contributed by atoms with Crippen LogP contribution in [-0.4, -0.2) is 11.0 Å². The second-order valence-corrected chi connectivity index (χ2v) is 2.76. The van der Waals surface area contributed by atoms with Crippen molar-refractivity contribution in [1.29, 1.82) is 0 Å². The van der Waals surface area contributed by atoms with Gasteiger partial charge in [0.1, 0.15) is 5.75 Å². The molecular formula is C10H15ClO. The molecule has 0 saturated heterocycles. The van der Waals surface area contributed by atoms with Crippen LogP contribution in [0.25, 0.3) is 0 Å². The molecule has 1 rings (SSSR count). The lowest BCUT2D eigenvalue weighted by molar-refractivity contribution is 0.475. The van der Waals surface area contributed by atoms with Crippen LogP contribution in [-0.2, 0) is 0 Å². The average Bonchev–Trinajstić information content (AvgIpc) is 2.08. The minimum absolute atomic E-state index is 0.322. The van der Waals surface area contributed by atoms with Crippen molar-refractivity contribution in [2.75, 3.05) is 5.88 Å². The van der Waals surface area contributed by atoms with E-state index in [-0.39, 0.29) is 0 Å². The Labute approximate surface area is 79.0 Å². The van der Waals surface area contributed by atoms with Crippen molar-refractivity contribution < 1.29 is 5.11 Å². The largest absolute Gasteiger partial charge is 0.508 e. The molecule has 68 valence electrons. The number of unbranched alkanes of at least 4 members (excludes halogenated alkanes) is 1. The van der Waals surface area contributed by atoms with Crippen LogP contribution in [0.4, 0.5) is 0 Å². The fourth-order valence-electron chi connectivity index (χ4n) is 0.562. The van der Waals surface area contributed by atoms with Gasteiger partial charge >= 0.3 is 0 Å². The van der Waals surface area contributed by atoms with Crippen LogP contribution < -0.4 is 0 Å². The van der Waals surface area contributed by atoms with Crippen LogP contribution in [0.3, 0.4) is 0 Å². The summed E-state index contributed by atoms with van der Waals surface area (Å²) in [5, 5.41) is 8.63. The molecule has 0 aliphatic heterocycles. The minimum Gasteiger partial charge on any atom is -0.508 e. The van der Waals surface area contributed by atoms with Gasteiger partial charge < -0.3 is 5.11 Å². The highest BCUT2D eigenvalue weighted by Crippen LogP contribution is 2.02. The first-order valence-corrected chi connectivity index (χ1v) is 4.64. The smallest absolute Gasteiger partial charge is 0.115 e. The second kappa shape index (κ2) is 8.41. The molecule has 0 amide bonds. The molecule has 0 spiro atoms. The number of phenols is 1. The zero-order chi connectivity index (χ0) is 9.23. The summed E-state index contributed by atoms with van der Waals surface area (Å²) in [6, 6.07) is 8.71. The number of alkyl halides is 1. The Kier molecular flexibility index (Phi) is 7.92. The number of rotatable bonds is 2. The van der Waals surface area contributed by atoms with Gasteiger partial charge in [-0.05, 0) is 18.6 Å². The zero-order valence-corrected chi connectivity index (χ0v) is 8.09. The Hall–Kier alpha value is -0.690. The molecule has 12 heavy (non-hydrogen) atoms. The van der Waals surface area contributed by atoms with E-state index in [1.807, 2.05) is 6.07 Å². The number of phenolic OH excluding ortho intramolecular Hbond substituents is 1. The maximum atomic E-state index is 8.63. The Balaban J connectivity index is 0.000000217. The van der Waals surface area contributed by atoms with Gasteiger partial charge in [0.05, 0.1) is 0 Å². The Bertz CT molecular complexity index is 172. The first kappa shape index (κ1) is 11.3. The molecule has 0 radical (unpaired) electrons. The third-order valence-corrected chi connectivity index (χ3v) is 1.51. The molecule has 0 aromatic heterocycles. The zero-order valence-electron chi connectivity index (χ0n) is 7.33. The quantitative estimate of drug-likeness (QED) is 0.702. The summed E-state index contributed by atoms with van der Waals surface area (Å²) in [4.78, 5) is 0. The molecule has 1 N–H and O–H groups in total. The van der Waals surface area contributed by atoms with Crippen molar-refractivity contribution in [2.24, 2.45) is 0 Å². The van der Waals surface area contributed by atoms with Crippen LogP contribution in [0, 0.1) is 0 Å². The second-order valence-electron chi connectivity index (χ2n) is 2.38. The first-order valence-electron chi connectivity index (χ1n) is 4.11. The molecule has 0 aliphatic carbocycles. The van der Waals surface area contributed by atoms with Gasteiger partial charge in [-0.25, -0.2) is 0 Å². The fourth-order valence-corrected chi connectivity index (χ4v) is 0.829. The van der Waals surface area contributed by atoms with Gasteiger partial charge in [-0.1, -0.05) is 31.5 Å². The highest BCUT2D eigenvalue weighted by atomic mass is 35.5. The van der Waals surface area contributed by atoms with Gasteiger partial charge in [0.15, 0.2) is 0 Å². The van der Waals surface area contributed by atoms with E-state index >= 15 is 0 Å². The van der Waals surface area contributed by atoms with E-state index in [1.165, 1.54) is 6.42 Å². The molecular weight excluding hydrogens is 172 g/mol. The summed E-state index contributed by atoms with van der Waals surface area (Å²) >= 11 is 5.30. The van der Waals surface area contributed by atoms with E-state index in [1.54, 1.807) is 24.3 Å². The van der Waals surface area contributed by atoms with Gasteiger partial charge in [-0.2, -0.15) is 0 Å². The topological polar surface area (TPSA) is 20.2 Å². The maximum Gasteiger partial charge on any atom is 0.115 e. The van der Waals surface area contributed by atoms with E-state index in [0.29, 0.717) is 5.75 Å². The van der Waals surface area contributed by atoms with Crippen LogP contribution in [0.5, 0.6) is 5.75 Å². The highest BCUT2D eigenvalue weighted by Gasteiger charge is 1.74. The predicted molar refractivity (Wildman–Crippen MR) is 53.7 cm³/mol. The molecule has 0 saturated carbocycles. The van der Waals surface area contributed by atoms with Crippen LogP contribution >= 0.6 is 11.6 Å². The molecule has 0 heterocycles. The highest BCUT2D eigenvalue weighted by molar-refractivity contribution is 6.17. The molecule has 0 unspecified atom stereocenters. The predicted octanol–water partition coefficient (Wildman–Crippen LogP) is 3.42. The normalized spacial score (nSPS) is 8.50. The maximum absolute atomic E-state index is 8.63. The van der Waals surface area contributed by atoms with Crippen molar-refractivity contribution in [3.8, 4) is 5.75 Å². The van der Waals surface area contributed by atoms with Gasteiger partial charge in [0, 0.05) is 5.88 Å². The molecule has 0 atom stereocenters. The lowest BCUT2D eigenvalue weighted by Gasteiger charge is -1.82. The summed E-state index contributed by atoms with van der Waals surface area (Å²) in [6.07, 6.45) is 2.37. The third-order valence-electron chi connectivity index (χ3n) is 1.24. The van der Waals surface area contributed by atoms with Crippen molar-refractivity contribution >= 4 is 11.6 Å². The van der Waals surface area contributed by atoms with Gasteiger partial charge in [0.25, 0.3) is 0 Å². The monoisotopic (exact) mass is 186 g/mol. The van der Waals surface area contributed by atoms with Crippen molar-refractivity contribution in [1.82, 2.24) is 0 Å². The SMILES string of the molecule is CCCCCl.Oc1ccccc1. The van der Waals surface area contributed by atoms with E-state index in [2.05, 4.69) is 6.92 Å². The summed E-state index contributed by atoms with van der Waals surface area (Å²) in [6.45, 7) is 2.13. The molecule has 0 aliphatic rings. The third kappa shape index (κ3) is 7.42. The Morgan fingerprint density at radius 1 is 1.25 bits per heavy atom. The van der Waals surface area contributed by atoms with Crippen molar-refractivity contribution in [3.05, 3.63) is 30.3 Å². The molecule has 0 bridgehead atoms. The molecule has 1 aromatic rings. The summed E-state index contributed by atoms with van der Waals surface area (Å²) in [5.74, 6) is 1.14. The number of para-hydroxylation sites is 1. The lowest BCUT2D eigenvalue weighted by Crippen LogP contribution is -1.65. The number of aromatic hydroxyl groups is 1. The van der Waals surface area contributed by atoms with Crippen molar-refractivity contribution in [3.63, 3.8) is 0 Å². The number of halogens is 1.